The lowest BCUT2D eigenvalue weighted by Crippen LogP contribution is -2.31. The number of nitrogen functional groups attached to an aromatic ring is 1. The van der Waals surface area contributed by atoms with Crippen molar-refractivity contribution < 1.29 is 17.9 Å². The molecule has 0 spiro atoms. The van der Waals surface area contributed by atoms with Crippen molar-refractivity contribution >= 4 is 53.9 Å². The molecule has 1 amide bonds. The summed E-state index contributed by atoms with van der Waals surface area (Å²) >= 11 is 1.58. The lowest BCUT2D eigenvalue weighted by molar-refractivity contribution is 0.0982. The first-order valence-corrected chi connectivity index (χ1v) is 16.0. The fourth-order valence-electron chi connectivity index (χ4n) is 5.16. The molecule has 7 nitrogen and oxygen atoms in total. The molecule has 0 unspecified atom stereocenters. The molecule has 0 aliphatic rings. The molecule has 3 N–H and O–H groups in total. The number of hydrogen-bond donors (Lipinski definition) is 2. The molecule has 0 saturated heterocycles. The quantitative estimate of drug-likeness (QED) is 0.181. The molecule has 0 bridgehead atoms. The van der Waals surface area contributed by atoms with E-state index < -0.39 is 15.9 Å². The van der Waals surface area contributed by atoms with Crippen molar-refractivity contribution in [3.05, 3.63) is 119 Å². The highest BCUT2D eigenvalue weighted by atomic mass is 32.2. The smallest absolute Gasteiger partial charge is 0.265 e. The molecule has 0 aliphatic heterocycles. The summed E-state index contributed by atoms with van der Waals surface area (Å²) in [6.45, 7) is 5.86. The number of fused-ring (bicyclic) bond motifs is 2. The van der Waals surface area contributed by atoms with Crippen LogP contribution < -0.4 is 15.2 Å². The first-order valence-electron chi connectivity index (χ1n) is 13.7. The number of thiophene rings is 1. The van der Waals surface area contributed by atoms with E-state index in [9.17, 15) is 13.2 Å². The number of aryl methyl sites for hydroxylation is 2. The fourth-order valence-corrected chi connectivity index (χ4v) is 7.35. The van der Waals surface area contributed by atoms with Gasteiger partial charge in [-0.3, -0.25) is 4.79 Å². The van der Waals surface area contributed by atoms with Gasteiger partial charge in [-0.2, -0.15) is 0 Å². The highest BCUT2D eigenvalue weighted by molar-refractivity contribution is 7.90. The molecule has 0 saturated carbocycles. The van der Waals surface area contributed by atoms with Gasteiger partial charge < -0.3 is 10.5 Å². The monoisotopic (exact) mass is 607 g/mol. The van der Waals surface area contributed by atoms with Gasteiger partial charge in [-0.25, -0.2) is 18.1 Å². The number of nitrogens with zero attached hydrogens (tertiary/aromatic N) is 1. The lowest BCUT2D eigenvalue weighted by atomic mass is 10.0. The van der Waals surface area contributed by atoms with Crippen LogP contribution in [0.15, 0.2) is 102 Å². The number of carbonyl (C=O) groups excluding carboxylic acids is 1. The number of aromatic nitrogens is 1. The van der Waals surface area contributed by atoms with Crippen LogP contribution >= 0.6 is 11.3 Å². The summed E-state index contributed by atoms with van der Waals surface area (Å²) in [6, 6.07) is 29.0. The van der Waals surface area contributed by atoms with Crippen molar-refractivity contribution in [2.45, 2.75) is 31.8 Å². The van der Waals surface area contributed by atoms with Gasteiger partial charge in [0.25, 0.3) is 15.9 Å². The van der Waals surface area contributed by atoms with Crippen LogP contribution in [0.1, 0.15) is 40.1 Å². The van der Waals surface area contributed by atoms with Gasteiger partial charge in [-0.1, -0.05) is 60.7 Å². The van der Waals surface area contributed by atoms with Crippen LogP contribution in [0.25, 0.3) is 31.6 Å². The van der Waals surface area contributed by atoms with Crippen molar-refractivity contribution in [2.75, 3.05) is 5.73 Å². The maximum absolute atomic E-state index is 14.0. The number of ether oxygens (including phenoxy) is 1. The standard InChI is InChI=1S/C34H29N3O4S2/c1-20-16-17-29(41-22(3)23-10-5-4-6-11-23)31-27(34(38)37-43(39,40)25-13-9-12-24(35)18-25)19-28(36-32(20)31)33-21(2)26-14-7-8-15-30(26)42-33/h4-19,22H,35H2,1-3H3,(H,37,38)/t22-/m1/s1. The highest BCUT2D eigenvalue weighted by Crippen LogP contribution is 2.41. The highest BCUT2D eigenvalue weighted by Gasteiger charge is 2.25. The molecule has 0 fully saturated rings. The molecule has 2 aromatic heterocycles. The molecule has 9 heteroatoms. The van der Waals surface area contributed by atoms with Gasteiger partial charge in [0.1, 0.15) is 11.9 Å². The maximum Gasteiger partial charge on any atom is 0.265 e. The van der Waals surface area contributed by atoms with Gasteiger partial charge in [-0.15, -0.1) is 11.3 Å². The number of pyridine rings is 1. The Hall–Kier alpha value is -4.73. The summed E-state index contributed by atoms with van der Waals surface area (Å²) in [5, 5.41) is 1.54. The average molecular weight is 608 g/mol. The lowest BCUT2D eigenvalue weighted by Gasteiger charge is -2.19. The van der Waals surface area contributed by atoms with E-state index >= 15 is 0 Å². The second-order valence-electron chi connectivity index (χ2n) is 10.4. The largest absolute Gasteiger partial charge is 0.485 e. The van der Waals surface area contributed by atoms with Gasteiger partial charge in [0.2, 0.25) is 0 Å². The Kier molecular flexibility index (Phi) is 7.37. The summed E-state index contributed by atoms with van der Waals surface area (Å²) in [5.41, 5.74) is 10.2. The van der Waals surface area contributed by atoms with Crippen LogP contribution in [0.2, 0.25) is 0 Å². The van der Waals surface area contributed by atoms with Gasteiger partial charge >= 0.3 is 0 Å². The van der Waals surface area contributed by atoms with Crippen LogP contribution in [-0.4, -0.2) is 19.3 Å². The van der Waals surface area contributed by atoms with Crippen molar-refractivity contribution in [2.24, 2.45) is 0 Å². The predicted molar refractivity (Wildman–Crippen MR) is 173 cm³/mol. The molecule has 0 aliphatic carbocycles. The second-order valence-corrected chi connectivity index (χ2v) is 13.1. The Bertz CT molecular complexity index is 2120. The van der Waals surface area contributed by atoms with Crippen LogP contribution in [0.3, 0.4) is 0 Å². The van der Waals surface area contributed by atoms with Gasteiger partial charge in [0.15, 0.2) is 0 Å². The topological polar surface area (TPSA) is 111 Å². The molecule has 6 aromatic rings. The molecule has 43 heavy (non-hydrogen) atoms. The van der Waals surface area contributed by atoms with E-state index in [1.165, 1.54) is 18.2 Å². The number of hydrogen-bond acceptors (Lipinski definition) is 7. The van der Waals surface area contributed by atoms with E-state index in [2.05, 4.69) is 10.8 Å². The molecule has 1 atom stereocenters. The molecular formula is C34H29N3O4S2. The Labute approximate surface area is 254 Å². The summed E-state index contributed by atoms with van der Waals surface area (Å²) in [5.74, 6) is -0.367. The third kappa shape index (κ3) is 5.45. The summed E-state index contributed by atoms with van der Waals surface area (Å²) < 4.78 is 36.4. The first kappa shape index (κ1) is 28.4. The van der Waals surface area contributed by atoms with Crippen LogP contribution in [0, 0.1) is 13.8 Å². The molecule has 4 aromatic carbocycles. The number of nitrogens with two attached hydrogens (primary N) is 1. The van der Waals surface area contributed by atoms with Crippen LogP contribution in [0.5, 0.6) is 5.75 Å². The molecular weight excluding hydrogens is 579 g/mol. The number of benzene rings is 4. The van der Waals surface area contributed by atoms with Crippen molar-refractivity contribution in [3.63, 3.8) is 0 Å². The van der Waals surface area contributed by atoms with Crippen molar-refractivity contribution in [1.29, 1.82) is 0 Å². The number of amides is 1. The van der Waals surface area contributed by atoms with E-state index in [-0.39, 0.29) is 22.3 Å². The van der Waals surface area contributed by atoms with E-state index in [0.717, 1.165) is 31.7 Å². The SMILES string of the molecule is Cc1c(-c2cc(C(=O)NS(=O)(=O)c3cccc(N)c3)c3c(O[C@H](C)c4ccccc4)ccc(C)c3n2)sc2ccccc12. The van der Waals surface area contributed by atoms with E-state index in [1.54, 1.807) is 29.5 Å². The molecule has 6 rings (SSSR count). The zero-order chi connectivity index (χ0) is 30.3. The summed E-state index contributed by atoms with van der Waals surface area (Å²) in [6.07, 6.45) is -0.344. The van der Waals surface area contributed by atoms with Gasteiger partial charge in [0.05, 0.1) is 31.9 Å². The average Bonchev–Trinajstić information content (AvgIpc) is 3.34. The minimum atomic E-state index is -4.23. The minimum absolute atomic E-state index is 0.106. The van der Waals surface area contributed by atoms with E-state index in [4.69, 9.17) is 15.5 Å². The van der Waals surface area contributed by atoms with E-state index in [0.29, 0.717) is 22.3 Å². The number of rotatable bonds is 7. The Morgan fingerprint density at radius 3 is 2.42 bits per heavy atom. The summed E-state index contributed by atoms with van der Waals surface area (Å²) in [4.78, 5) is 19.8. The van der Waals surface area contributed by atoms with Crippen LogP contribution in [-0.2, 0) is 10.0 Å². The summed E-state index contributed by atoms with van der Waals surface area (Å²) in [7, 11) is -4.23. The first-order chi connectivity index (χ1) is 20.6. The Morgan fingerprint density at radius 2 is 1.67 bits per heavy atom. The third-order valence-electron chi connectivity index (χ3n) is 7.41. The molecule has 216 valence electrons. The van der Waals surface area contributed by atoms with Gasteiger partial charge in [0, 0.05) is 10.4 Å². The van der Waals surface area contributed by atoms with Crippen LogP contribution in [0.4, 0.5) is 5.69 Å². The zero-order valence-electron chi connectivity index (χ0n) is 23.8. The Balaban J connectivity index is 1.54. The van der Waals surface area contributed by atoms with Crippen molar-refractivity contribution in [1.82, 2.24) is 9.71 Å². The van der Waals surface area contributed by atoms with Crippen molar-refractivity contribution in [3.8, 4) is 16.3 Å². The fraction of sp³-hybridized carbons (Fsp3) is 0.118. The maximum atomic E-state index is 14.0. The van der Waals surface area contributed by atoms with Gasteiger partial charge in [-0.05, 0) is 79.2 Å². The number of nitrogens with one attached hydrogen (secondary N) is 1. The van der Waals surface area contributed by atoms with E-state index in [1.807, 2.05) is 75.4 Å². The normalized spacial score (nSPS) is 12.3. The third-order valence-corrected chi connectivity index (χ3v) is 10.0. The number of sulfonamides is 1. The predicted octanol–water partition coefficient (Wildman–Crippen LogP) is 7.57. The zero-order valence-corrected chi connectivity index (χ0v) is 25.4. The molecule has 2 heterocycles. The molecule has 0 radical (unpaired) electrons. The Morgan fingerprint density at radius 1 is 0.930 bits per heavy atom. The number of carbonyl (C=O) groups is 1. The number of anilines is 1. The second kappa shape index (κ2) is 11.2. The minimum Gasteiger partial charge on any atom is -0.485 e.